The molecule has 0 bridgehead atoms. The topological polar surface area (TPSA) is 24.9 Å². The molecule has 1 fully saturated rings. The first-order valence-electron chi connectivity index (χ1n) is 6.49. The second-order valence-corrected chi connectivity index (χ2v) is 5.78. The summed E-state index contributed by atoms with van der Waals surface area (Å²) in [6.45, 7) is 3.39. The summed E-state index contributed by atoms with van der Waals surface area (Å²) in [4.78, 5) is 4.35. The number of rotatable bonds is 4. The third kappa shape index (κ3) is 3.56. The molecule has 0 spiro atoms. The van der Waals surface area contributed by atoms with Gasteiger partial charge in [0.25, 0.3) is 0 Å². The minimum absolute atomic E-state index is 0.420. The van der Waals surface area contributed by atoms with Crippen molar-refractivity contribution in [3.05, 3.63) is 16.6 Å². The first-order valence-corrected chi connectivity index (χ1v) is 7.37. The van der Waals surface area contributed by atoms with E-state index in [0.29, 0.717) is 6.04 Å². The molecule has 2 nitrogen and oxygen atoms in total. The third-order valence-electron chi connectivity index (χ3n) is 3.51. The van der Waals surface area contributed by atoms with Gasteiger partial charge in [0, 0.05) is 11.6 Å². The summed E-state index contributed by atoms with van der Waals surface area (Å²) in [6.07, 6.45) is 10.5. The van der Waals surface area contributed by atoms with Crippen LogP contribution in [0.3, 0.4) is 0 Å². The van der Waals surface area contributed by atoms with Gasteiger partial charge in [-0.05, 0) is 32.2 Å². The standard InChI is InChI=1S/C13H22N2S/c1-11(13-14-8-9-16-13)15-10-12-6-4-2-3-5-7-12/h8-9,11-12,15H,2-7,10H2,1H3. The Morgan fingerprint density at radius 1 is 1.38 bits per heavy atom. The quantitative estimate of drug-likeness (QED) is 0.808. The summed E-state index contributed by atoms with van der Waals surface area (Å²) in [5, 5.41) is 6.90. The largest absolute Gasteiger partial charge is 0.308 e. The van der Waals surface area contributed by atoms with Crippen LogP contribution in [0, 0.1) is 5.92 Å². The van der Waals surface area contributed by atoms with E-state index in [4.69, 9.17) is 0 Å². The summed E-state index contributed by atoms with van der Waals surface area (Å²) in [5.74, 6) is 0.893. The Morgan fingerprint density at radius 3 is 2.75 bits per heavy atom. The Hall–Kier alpha value is -0.410. The lowest BCUT2D eigenvalue weighted by molar-refractivity contribution is 0.402. The zero-order valence-electron chi connectivity index (χ0n) is 10.1. The smallest absolute Gasteiger partial charge is 0.109 e. The SMILES string of the molecule is CC(NCC1CCCCCC1)c1nccs1. The van der Waals surface area contributed by atoms with Crippen molar-refractivity contribution in [3.8, 4) is 0 Å². The van der Waals surface area contributed by atoms with Crippen LogP contribution in [0.25, 0.3) is 0 Å². The molecular weight excluding hydrogens is 216 g/mol. The second kappa shape index (κ2) is 6.36. The minimum Gasteiger partial charge on any atom is -0.308 e. The van der Waals surface area contributed by atoms with Crippen LogP contribution in [0.2, 0.25) is 0 Å². The lowest BCUT2D eigenvalue weighted by Crippen LogP contribution is -2.25. The molecular formula is C13H22N2S. The van der Waals surface area contributed by atoms with E-state index < -0.39 is 0 Å². The van der Waals surface area contributed by atoms with Crippen LogP contribution in [0.4, 0.5) is 0 Å². The molecule has 1 aromatic rings. The van der Waals surface area contributed by atoms with Crippen LogP contribution >= 0.6 is 11.3 Å². The molecule has 0 amide bonds. The van der Waals surface area contributed by atoms with E-state index in [1.54, 1.807) is 11.3 Å². The van der Waals surface area contributed by atoms with E-state index in [9.17, 15) is 0 Å². The summed E-state index contributed by atoms with van der Waals surface area (Å²) in [5.41, 5.74) is 0. The minimum atomic E-state index is 0.420. The maximum absolute atomic E-state index is 4.35. The lowest BCUT2D eigenvalue weighted by atomic mass is 10.0. The summed E-state index contributed by atoms with van der Waals surface area (Å²) < 4.78 is 0. The van der Waals surface area contributed by atoms with Crippen molar-refractivity contribution in [3.63, 3.8) is 0 Å². The summed E-state index contributed by atoms with van der Waals surface area (Å²) in [7, 11) is 0. The van der Waals surface area contributed by atoms with Gasteiger partial charge >= 0.3 is 0 Å². The number of thiazole rings is 1. The van der Waals surface area contributed by atoms with Gasteiger partial charge in [0.05, 0.1) is 6.04 Å². The fourth-order valence-electron chi connectivity index (χ4n) is 2.45. The Labute approximate surface area is 102 Å². The molecule has 90 valence electrons. The van der Waals surface area contributed by atoms with Gasteiger partial charge in [0.1, 0.15) is 5.01 Å². The molecule has 1 aromatic heterocycles. The van der Waals surface area contributed by atoms with Crippen molar-refractivity contribution < 1.29 is 0 Å². The Bertz CT molecular complexity index is 276. The van der Waals surface area contributed by atoms with Gasteiger partial charge < -0.3 is 5.32 Å². The van der Waals surface area contributed by atoms with E-state index in [2.05, 4.69) is 22.6 Å². The average Bonchev–Trinajstić information content (AvgIpc) is 2.71. The Balaban J connectivity index is 1.73. The highest BCUT2D eigenvalue weighted by Crippen LogP contribution is 2.23. The molecule has 1 aliphatic carbocycles. The van der Waals surface area contributed by atoms with Crippen LogP contribution in [0.1, 0.15) is 56.5 Å². The van der Waals surface area contributed by atoms with Gasteiger partial charge in [-0.2, -0.15) is 0 Å². The number of nitrogens with zero attached hydrogens (tertiary/aromatic N) is 1. The molecule has 1 heterocycles. The van der Waals surface area contributed by atoms with Crippen LogP contribution in [0.15, 0.2) is 11.6 Å². The molecule has 1 aliphatic rings. The fourth-order valence-corrected chi connectivity index (χ4v) is 3.12. The van der Waals surface area contributed by atoms with E-state index >= 15 is 0 Å². The van der Waals surface area contributed by atoms with Crippen molar-refractivity contribution in [2.75, 3.05) is 6.54 Å². The van der Waals surface area contributed by atoms with E-state index in [-0.39, 0.29) is 0 Å². The van der Waals surface area contributed by atoms with Crippen molar-refractivity contribution >= 4 is 11.3 Å². The predicted octanol–water partition coefficient (Wildman–Crippen LogP) is 3.76. The first-order chi connectivity index (χ1) is 7.86. The summed E-state index contributed by atoms with van der Waals surface area (Å²) >= 11 is 1.75. The lowest BCUT2D eigenvalue weighted by Gasteiger charge is -2.18. The van der Waals surface area contributed by atoms with Crippen molar-refractivity contribution in [2.45, 2.75) is 51.5 Å². The number of hydrogen-bond acceptors (Lipinski definition) is 3. The molecule has 1 N–H and O–H groups in total. The van der Waals surface area contributed by atoms with Crippen LogP contribution < -0.4 is 5.32 Å². The van der Waals surface area contributed by atoms with E-state index in [0.717, 1.165) is 5.92 Å². The molecule has 2 rings (SSSR count). The van der Waals surface area contributed by atoms with Gasteiger partial charge in [0.15, 0.2) is 0 Å². The summed E-state index contributed by atoms with van der Waals surface area (Å²) in [6, 6.07) is 0.420. The van der Waals surface area contributed by atoms with E-state index in [1.165, 1.54) is 50.1 Å². The average molecular weight is 238 g/mol. The molecule has 0 aliphatic heterocycles. The van der Waals surface area contributed by atoms with Crippen LogP contribution in [-0.4, -0.2) is 11.5 Å². The molecule has 16 heavy (non-hydrogen) atoms. The van der Waals surface area contributed by atoms with Crippen molar-refractivity contribution in [1.82, 2.24) is 10.3 Å². The van der Waals surface area contributed by atoms with Gasteiger partial charge in [-0.1, -0.05) is 25.7 Å². The van der Waals surface area contributed by atoms with Crippen LogP contribution in [0.5, 0.6) is 0 Å². The molecule has 1 saturated carbocycles. The van der Waals surface area contributed by atoms with Crippen molar-refractivity contribution in [1.29, 1.82) is 0 Å². The third-order valence-corrected chi connectivity index (χ3v) is 4.47. The highest BCUT2D eigenvalue weighted by Gasteiger charge is 2.14. The number of aromatic nitrogens is 1. The molecule has 0 aromatic carbocycles. The normalized spacial score (nSPS) is 20.6. The van der Waals surface area contributed by atoms with Gasteiger partial charge in [-0.25, -0.2) is 4.98 Å². The van der Waals surface area contributed by atoms with Gasteiger partial charge in [0.2, 0.25) is 0 Å². The van der Waals surface area contributed by atoms with Gasteiger partial charge in [-0.3, -0.25) is 0 Å². The highest BCUT2D eigenvalue weighted by molar-refractivity contribution is 7.09. The maximum Gasteiger partial charge on any atom is 0.109 e. The molecule has 0 saturated heterocycles. The van der Waals surface area contributed by atoms with E-state index in [1.807, 2.05) is 6.20 Å². The Morgan fingerprint density at radius 2 is 2.12 bits per heavy atom. The predicted molar refractivity (Wildman–Crippen MR) is 69.7 cm³/mol. The Kier molecular flexibility index (Phi) is 4.79. The maximum atomic E-state index is 4.35. The highest BCUT2D eigenvalue weighted by atomic mass is 32.1. The van der Waals surface area contributed by atoms with Gasteiger partial charge in [-0.15, -0.1) is 11.3 Å². The number of hydrogen-bond donors (Lipinski definition) is 1. The molecule has 0 radical (unpaired) electrons. The zero-order valence-corrected chi connectivity index (χ0v) is 10.9. The fraction of sp³-hybridized carbons (Fsp3) is 0.769. The van der Waals surface area contributed by atoms with Crippen molar-refractivity contribution in [2.24, 2.45) is 5.92 Å². The first kappa shape index (κ1) is 12.1. The number of nitrogens with one attached hydrogen (secondary N) is 1. The molecule has 1 atom stereocenters. The van der Waals surface area contributed by atoms with Crippen LogP contribution in [-0.2, 0) is 0 Å². The zero-order chi connectivity index (χ0) is 11.2. The monoisotopic (exact) mass is 238 g/mol. The molecule has 3 heteroatoms. The molecule has 1 unspecified atom stereocenters. The second-order valence-electron chi connectivity index (χ2n) is 4.86.